The van der Waals surface area contributed by atoms with Crippen LogP contribution in [0, 0.1) is 11.6 Å². The molecule has 2 aromatic carbocycles. The third kappa shape index (κ3) is 5.02. The molecule has 21 heavy (non-hydrogen) atoms. The van der Waals surface area contributed by atoms with E-state index in [1.165, 1.54) is 42.6 Å². The molecule has 4 nitrogen and oxygen atoms in total. The maximum Gasteiger partial charge on any atom is 0.265 e. The van der Waals surface area contributed by atoms with Crippen molar-refractivity contribution < 1.29 is 18.4 Å². The smallest absolute Gasteiger partial charge is 0.265 e. The molecule has 0 aromatic heterocycles. The van der Waals surface area contributed by atoms with Crippen molar-refractivity contribution in [2.75, 3.05) is 11.9 Å². The number of carbonyl (C=O) groups excluding carboxylic acids is 1. The molecule has 6 heteroatoms. The lowest BCUT2D eigenvalue weighted by Gasteiger charge is -2.03. The van der Waals surface area contributed by atoms with Gasteiger partial charge in [0.25, 0.3) is 5.91 Å². The zero-order chi connectivity index (χ0) is 15.1. The number of halogens is 2. The Kier molecular flexibility index (Phi) is 4.98. The standard InChI is InChI=1S/C15H12F2N2O2/c16-12-4-1-3-11(7-12)9-18-21-10-15(20)19-14-6-2-5-13(17)8-14/h1-9H,10H2,(H,19,20)/b18-9-. The van der Waals surface area contributed by atoms with Crippen LogP contribution in [0.25, 0.3) is 0 Å². The molecule has 0 aliphatic rings. The largest absolute Gasteiger partial charge is 0.386 e. The first kappa shape index (κ1) is 14.6. The minimum Gasteiger partial charge on any atom is -0.386 e. The highest BCUT2D eigenvalue weighted by molar-refractivity contribution is 5.91. The van der Waals surface area contributed by atoms with E-state index < -0.39 is 11.7 Å². The highest BCUT2D eigenvalue weighted by atomic mass is 19.1. The summed E-state index contributed by atoms with van der Waals surface area (Å²) in [6.45, 7) is -0.331. The van der Waals surface area contributed by atoms with Crippen LogP contribution in [-0.4, -0.2) is 18.7 Å². The van der Waals surface area contributed by atoms with E-state index in [2.05, 4.69) is 10.5 Å². The summed E-state index contributed by atoms with van der Waals surface area (Å²) < 4.78 is 25.8. The molecule has 108 valence electrons. The number of anilines is 1. The Bertz CT molecular complexity index is 660. The van der Waals surface area contributed by atoms with E-state index >= 15 is 0 Å². The van der Waals surface area contributed by atoms with Crippen LogP contribution in [0.4, 0.5) is 14.5 Å². The number of hydrogen-bond acceptors (Lipinski definition) is 3. The van der Waals surface area contributed by atoms with Crippen LogP contribution in [0.5, 0.6) is 0 Å². The number of benzene rings is 2. The van der Waals surface area contributed by atoms with Crippen LogP contribution in [0.2, 0.25) is 0 Å². The van der Waals surface area contributed by atoms with Crippen LogP contribution < -0.4 is 5.32 Å². The van der Waals surface area contributed by atoms with Crippen LogP contribution in [0.3, 0.4) is 0 Å². The third-order valence-corrected chi connectivity index (χ3v) is 2.43. The molecule has 1 amide bonds. The van der Waals surface area contributed by atoms with Crippen molar-refractivity contribution in [1.82, 2.24) is 0 Å². The molecule has 0 aliphatic heterocycles. The second kappa shape index (κ2) is 7.14. The number of amides is 1. The molecule has 2 rings (SSSR count). The lowest BCUT2D eigenvalue weighted by atomic mass is 10.2. The van der Waals surface area contributed by atoms with Crippen LogP contribution in [0.15, 0.2) is 53.7 Å². The van der Waals surface area contributed by atoms with Crippen molar-refractivity contribution in [1.29, 1.82) is 0 Å². The Morgan fingerprint density at radius 1 is 1.14 bits per heavy atom. The van der Waals surface area contributed by atoms with E-state index in [9.17, 15) is 13.6 Å². The number of rotatable bonds is 5. The lowest BCUT2D eigenvalue weighted by Crippen LogP contribution is -2.17. The topological polar surface area (TPSA) is 50.7 Å². The fourth-order valence-corrected chi connectivity index (χ4v) is 1.54. The number of oxime groups is 1. The summed E-state index contributed by atoms with van der Waals surface area (Å²) in [4.78, 5) is 16.3. The zero-order valence-corrected chi connectivity index (χ0v) is 10.9. The molecule has 0 heterocycles. The molecule has 2 aromatic rings. The number of nitrogens with zero attached hydrogens (tertiary/aromatic N) is 1. The fourth-order valence-electron chi connectivity index (χ4n) is 1.54. The van der Waals surface area contributed by atoms with Crippen molar-refractivity contribution in [3.8, 4) is 0 Å². The first-order valence-electron chi connectivity index (χ1n) is 6.10. The molecule has 0 saturated heterocycles. The molecular formula is C15H12F2N2O2. The summed E-state index contributed by atoms with van der Waals surface area (Å²) in [6, 6.07) is 11.3. The molecule has 0 saturated carbocycles. The summed E-state index contributed by atoms with van der Waals surface area (Å²) >= 11 is 0. The highest BCUT2D eigenvalue weighted by Crippen LogP contribution is 2.08. The van der Waals surface area contributed by atoms with Gasteiger partial charge in [-0.05, 0) is 35.9 Å². The highest BCUT2D eigenvalue weighted by Gasteiger charge is 2.03. The van der Waals surface area contributed by atoms with Crippen LogP contribution >= 0.6 is 0 Å². The van der Waals surface area contributed by atoms with Crippen molar-refractivity contribution in [2.24, 2.45) is 5.16 Å². The second-order valence-corrected chi connectivity index (χ2v) is 4.12. The van der Waals surface area contributed by atoms with E-state index in [4.69, 9.17) is 4.84 Å². The second-order valence-electron chi connectivity index (χ2n) is 4.12. The van der Waals surface area contributed by atoms with E-state index in [-0.39, 0.29) is 12.4 Å². The fraction of sp³-hybridized carbons (Fsp3) is 0.0667. The van der Waals surface area contributed by atoms with Gasteiger partial charge in [0.05, 0.1) is 6.21 Å². The van der Waals surface area contributed by atoms with Gasteiger partial charge >= 0.3 is 0 Å². The van der Waals surface area contributed by atoms with E-state index in [0.29, 0.717) is 11.3 Å². The van der Waals surface area contributed by atoms with Crippen LogP contribution in [0.1, 0.15) is 5.56 Å². The number of hydrogen-bond donors (Lipinski definition) is 1. The van der Waals surface area contributed by atoms with Crippen molar-refractivity contribution >= 4 is 17.8 Å². The third-order valence-electron chi connectivity index (χ3n) is 2.43. The van der Waals surface area contributed by atoms with Gasteiger partial charge in [0.2, 0.25) is 0 Å². The molecule has 0 unspecified atom stereocenters. The minimum atomic E-state index is -0.475. The molecule has 0 radical (unpaired) electrons. The Morgan fingerprint density at radius 3 is 2.57 bits per heavy atom. The van der Waals surface area contributed by atoms with Crippen molar-refractivity contribution in [3.63, 3.8) is 0 Å². The number of nitrogens with one attached hydrogen (secondary N) is 1. The molecule has 1 N–H and O–H groups in total. The van der Waals surface area contributed by atoms with Crippen molar-refractivity contribution in [2.45, 2.75) is 0 Å². The van der Waals surface area contributed by atoms with Gasteiger partial charge in [-0.15, -0.1) is 0 Å². The van der Waals surface area contributed by atoms with Gasteiger partial charge in [0, 0.05) is 5.69 Å². The lowest BCUT2D eigenvalue weighted by molar-refractivity contribution is -0.120. The molecule has 0 bridgehead atoms. The molecule has 0 spiro atoms. The first-order chi connectivity index (χ1) is 10.1. The zero-order valence-electron chi connectivity index (χ0n) is 10.9. The Balaban J connectivity index is 1.79. The molecule has 0 aliphatic carbocycles. The SMILES string of the molecule is O=C(CO/N=C\c1cccc(F)c1)Nc1cccc(F)c1. The van der Waals surface area contributed by atoms with Gasteiger partial charge in [0.1, 0.15) is 11.6 Å². The monoisotopic (exact) mass is 290 g/mol. The summed E-state index contributed by atoms with van der Waals surface area (Å²) in [5.74, 6) is -1.31. The minimum absolute atomic E-state index is 0.331. The van der Waals surface area contributed by atoms with E-state index in [0.717, 1.165) is 0 Å². The Morgan fingerprint density at radius 2 is 1.86 bits per heavy atom. The summed E-state index contributed by atoms with van der Waals surface area (Å²) in [5.41, 5.74) is 0.846. The molecule has 0 atom stereocenters. The van der Waals surface area contributed by atoms with Gasteiger partial charge in [0.15, 0.2) is 6.61 Å². The quantitative estimate of drug-likeness (QED) is 0.680. The van der Waals surface area contributed by atoms with E-state index in [1.54, 1.807) is 12.1 Å². The van der Waals surface area contributed by atoms with Gasteiger partial charge in [-0.1, -0.05) is 23.4 Å². The molecular weight excluding hydrogens is 278 g/mol. The average molecular weight is 290 g/mol. The van der Waals surface area contributed by atoms with Crippen LogP contribution in [-0.2, 0) is 9.63 Å². The Labute approximate surface area is 120 Å². The summed E-state index contributed by atoms with van der Waals surface area (Å²) in [7, 11) is 0. The van der Waals surface area contributed by atoms with E-state index in [1.807, 2.05) is 0 Å². The normalized spacial score (nSPS) is 10.6. The Hall–Kier alpha value is -2.76. The maximum atomic E-state index is 12.9. The van der Waals surface area contributed by atoms with Crippen molar-refractivity contribution in [3.05, 3.63) is 65.7 Å². The summed E-state index contributed by atoms with van der Waals surface area (Å²) in [6.07, 6.45) is 1.29. The predicted molar refractivity (Wildman–Crippen MR) is 75.0 cm³/mol. The first-order valence-corrected chi connectivity index (χ1v) is 6.10. The number of carbonyl (C=O) groups is 1. The maximum absolute atomic E-state index is 12.9. The predicted octanol–water partition coefficient (Wildman–Crippen LogP) is 2.95. The van der Waals surface area contributed by atoms with Gasteiger partial charge in [-0.3, -0.25) is 4.79 Å². The van der Waals surface area contributed by atoms with Gasteiger partial charge in [-0.2, -0.15) is 0 Å². The average Bonchev–Trinajstić information content (AvgIpc) is 2.44. The molecule has 0 fully saturated rings. The van der Waals surface area contributed by atoms with Gasteiger partial charge in [-0.25, -0.2) is 8.78 Å². The van der Waals surface area contributed by atoms with Gasteiger partial charge < -0.3 is 10.2 Å². The summed E-state index contributed by atoms with van der Waals surface area (Å²) in [5, 5.41) is 6.01.